The normalized spacial score (nSPS) is 15.5. The third-order valence-corrected chi connectivity index (χ3v) is 7.65. The Labute approximate surface area is 190 Å². The van der Waals surface area contributed by atoms with E-state index in [0.29, 0.717) is 12.2 Å². The van der Waals surface area contributed by atoms with Crippen molar-refractivity contribution in [1.82, 2.24) is 10.2 Å². The highest BCUT2D eigenvalue weighted by Crippen LogP contribution is 2.24. The number of carbonyl (C=O) groups excluding carboxylic acids is 1. The van der Waals surface area contributed by atoms with E-state index in [4.69, 9.17) is 0 Å². The number of amides is 1. The van der Waals surface area contributed by atoms with E-state index in [1.807, 2.05) is 6.92 Å². The van der Waals surface area contributed by atoms with Crippen molar-refractivity contribution in [2.45, 2.75) is 38.0 Å². The highest BCUT2D eigenvalue weighted by atomic mass is 32.2. The smallest absolute Gasteiger partial charge is 0.264 e. The first-order valence-corrected chi connectivity index (χ1v) is 12.5. The molecule has 1 amide bonds. The third-order valence-electron chi connectivity index (χ3n) is 5.86. The molecule has 2 aromatic rings. The van der Waals surface area contributed by atoms with Crippen molar-refractivity contribution in [3.05, 3.63) is 59.9 Å². The number of nitrogens with one attached hydrogen (secondary N) is 1. The second kappa shape index (κ2) is 10.9. The Morgan fingerprint density at radius 2 is 1.72 bits per heavy atom. The Balaban J connectivity index is 1.64. The standard InChI is InChI=1S/C24H32FN3O3S/c1-19-4-8-22(9-5-19)28(32(30,31)23-10-6-21(25)7-11-23)18-24(29)26-14-3-15-27-16-12-20(2)13-17-27/h4-11,20H,3,12-18H2,1-2H3,(H,26,29). The summed E-state index contributed by atoms with van der Waals surface area (Å²) in [7, 11) is -4.03. The van der Waals surface area contributed by atoms with E-state index in [-0.39, 0.29) is 17.3 Å². The highest BCUT2D eigenvalue weighted by molar-refractivity contribution is 7.92. The van der Waals surface area contributed by atoms with Crippen LogP contribution in [0.1, 0.15) is 31.7 Å². The van der Waals surface area contributed by atoms with Gasteiger partial charge in [0, 0.05) is 6.54 Å². The number of carbonyl (C=O) groups is 1. The van der Waals surface area contributed by atoms with E-state index in [1.54, 1.807) is 24.3 Å². The number of likely N-dealkylation sites (tertiary alicyclic amines) is 1. The summed E-state index contributed by atoms with van der Waals surface area (Å²) in [5, 5.41) is 2.84. The molecule has 0 atom stereocenters. The fourth-order valence-corrected chi connectivity index (χ4v) is 5.18. The molecular formula is C24H32FN3O3S. The Bertz CT molecular complexity index is 986. The van der Waals surface area contributed by atoms with E-state index < -0.39 is 15.8 Å². The van der Waals surface area contributed by atoms with Gasteiger partial charge in [-0.2, -0.15) is 0 Å². The van der Waals surface area contributed by atoms with Crippen molar-refractivity contribution in [1.29, 1.82) is 0 Å². The topological polar surface area (TPSA) is 69.7 Å². The molecule has 1 saturated heterocycles. The maximum absolute atomic E-state index is 13.3. The van der Waals surface area contributed by atoms with E-state index in [2.05, 4.69) is 17.1 Å². The fraction of sp³-hybridized carbons (Fsp3) is 0.458. The first-order chi connectivity index (χ1) is 15.3. The van der Waals surface area contributed by atoms with Crippen LogP contribution in [0.5, 0.6) is 0 Å². The van der Waals surface area contributed by atoms with Gasteiger partial charge in [-0.25, -0.2) is 12.8 Å². The number of anilines is 1. The number of aryl methyl sites for hydroxylation is 1. The lowest BCUT2D eigenvalue weighted by atomic mass is 9.99. The Kier molecular flexibility index (Phi) is 8.26. The predicted molar refractivity (Wildman–Crippen MR) is 125 cm³/mol. The van der Waals surface area contributed by atoms with Gasteiger partial charge in [0.2, 0.25) is 5.91 Å². The lowest BCUT2D eigenvalue weighted by Gasteiger charge is -2.30. The van der Waals surface area contributed by atoms with Gasteiger partial charge in [0.15, 0.2) is 0 Å². The van der Waals surface area contributed by atoms with Gasteiger partial charge in [-0.15, -0.1) is 0 Å². The van der Waals surface area contributed by atoms with Crippen LogP contribution >= 0.6 is 0 Å². The van der Waals surface area contributed by atoms with Gasteiger partial charge in [-0.1, -0.05) is 24.6 Å². The van der Waals surface area contributed by atoms with Crippen molar-refractivity contribution in [2.75, 3.05) is 37.0 Å². The Morgan fingerprint density at radius 3 is 2.34 bits per heavy atom. The second-order valence-electron chi connectivity index (χ2n) is 8.53. The van der Waals surface area contributed by atoms with Crippen LogP contribution in [0, 0.1) is 18.7 Å². The number of halogens is 1. The fourth-order valence-electron chi connectivity index (χ4n) is 3.76. The molecule has 0 saturated carbocycles. The maximum atomic E-state index is 13.3. The van der Waals surface area contributed by atoms with Crippen LogP contribution < -0.4 is 9.62 Å². The monoisotopic (exact) mass is 461 g/mol. The average molecular weight is 462 g/mol. The van der Waals surface area contributed by atoms with E-state index in [1.165, 1.54) is 25.0 Å². The van der Waals surface area contributed by atoms with Gasteiger partial charge < -0.3 is 10.2 Å². The van der Waals surface area contributed by atoms with Crippen molar-refractivity contribution in [3.8, 4) is 0 Å². The number of sulfonamides is 1. The van der Waals surface area contributed by atoms with Crippen LogP contribution in [0.3, 0.4) is 0 Å². The van der Waals surface area contributed by atoms with Crippen LogP contribution in [0.25, 0.3) is 0 Å². The average Bonchev–Trinajstić information content (AvgIpc) is 2.77. The minimum Gasteiger partial charge on any atom is -0.354 e. The SMILES string of the molecule is Cc1ccc(N(CC(=O)NCCCN2CCC(C)CC2)S(=O)(=O)c2ccc(F)cc2)cc1. The quantitative estimate of drug-likeness (QED) is 0.580. The van der Waals surface area contributed by atoms with Crippen molar-refractivity contribution in [3.63, 3.8) is 0 Å². The number of piperidine rings is 1. The zero-order valence-electron chi connectivity index (χ0n) is 18.8. The number of benzene rings is 2. The van der Waals surface area contributed by atoms with Crippen LogP contribution in [0.15, 0.2) is 53.4 Å². The molecule has 1 heterocycles. The summed E-state index contributed by atoms with van der Waals surface area (Å²) in [4.78, 5) is 15.0. The predicted octanol–water partition coefficient (Wildman–Crippen LogP) is 3.57. The van der Waals surface area contributed by atoms with E-state index in [9.17, 15) is 17.6 Å². The van der Waals surface area contributed by atoms with Crippen molar-refractivity contribution < 1.29 is 17.6 Å². The summed E-state index contributed by atoms with van der Waals surface area (Å²) >= 11 is 0. The molecule has 0 radical (unpaired) electrons. The molecule has 174 valence electrons. The molecule has 0 spiro atoms. The molecule has 1 aliphatic rings. The van der Waals surface area contributed by atoms with E-state index >= 15 is 0 Å². The number of nitrogens with zero attached hydrogens (tertiary/aromatic N) is 2. The molecule has 6 nitrogen and oxygen atoms in total. The summed E-state index contributed by atoms with van der Waals surface area (Å²) < 4.78 is 40.9. The van der Waals surface area contributed by atoms with Crippen molar-refractivity contribution >= 4 is 21.6 Å². The lowest BCUT2D eigenvalue weighted by molar-refractivity contribution is -0.119. The van der Waals surface area contributed by atoms with Gasteiger partial charge in [0.1, 0.15) is 12.4 Å². The summed E-state index contributed by atoms with van der Waals surface area (Å²) in [6.07, 6.45) is 3.23. The Hall–Kier alpha value is -2.45. The molecule has 1 fully saturated rings. The zero-order chi connectivity index (χ0) is 23.1. The lowest BCUT2D eigenvalue weighted by Crippen LogP contribution is -2.42. The van der Waals surface area contributed by atoms with Crippen LogP contribution in [0.2, 0.25) is 0 Å². The van der Waals surface area contributed by atoms with Crippen LogP contribution in [0.4, 0.5) is 10.1 Å². The summed E-state index contributed by atoms with van der Waals surface area (Å²) in [6, 6.07) is 11.5. The zero-order valence-corrected chi connectivity index (χ0v) is 19.6. The Morgan fingerprint density at radius 1 is 1.09 bits per heavy atom. The van der Waals surface area contributed by atoms with Crippen LogP contribution in [-0.4, -0.2) is 51.9 Å². The molecule has 8 heteroatoms. The molecule has 32 heavy (non-hydrogen) atoms. The second-order valence-corrected chi connectivity index (χ2v) is 10.4. The van der Waals surface area contributed by atoms with Crippen molar-refractivity contribution in [2.24, 2.45) is 5.92 Å². The molecule has 3 rings (SSSR count). The third kappa shape index (κ3) is 6.53. The first-order valence-electron chi connectivity index (χ1n) is 11.1. The largest absolute Gasteiger partial charge is 0.354 e. The van der Waals surface area contributed by atoms with Gasteiger partial charge in [-0.05, 0) is 88.1 Å². The molecule has 0 unspecified atom stereocenters. The van der Waals surface area contributed by atoms with Gasteiger partial charge in [0.05, 0.1) is 10.6 Å². The molecule has 1 aliphatic heterocycles. The maximum Gasteiger partial charge on any atom is 0.264 e. The van der Waals surface area contributed by atoms with Gasteiger partial charge >= 0.3 is 0 Å². The number of rotatable bonds is 9. The highest BCUT2D eigenvalue weighted by Gasteiger charge is 2.27. The first kappa shape index (κ1) is 24.2. The van der Waals surface area contributed by atoms with Crippen LogP contribution in [-0.2, 0) is 14.8 Å². The van der Waals surface area contributed by atoms with Gasteiger partial charge in [0.25, 0.3) is 10.0 Å². The molecule has 0 aliphatic carbocycles. The number of hydrogen-bond donors (Lipinski definition) is 1. The summed E-state index contributed by atoms with van der Waals surface area (Å²) in [6.45, 7) is 7.42. The van der Waals surface area contributed by atoms with Gasteiger partial charge in [-0.3, -0.25) is 9.10 Å². The molecule has 1 N–H and O–H groups in total. The number of hydrogen-bond acceptors (Lipinski definition) is 4. The minimum atomic E-state index is -4.03. The summed E-state index contributed by atoms with van der Waals surface area (Å²) in [5.74, 6) is -0.114. The van der Waals surface area contributed by atoms with E-state index in [0.717, 1.165) is 54.0 Å². The molecular weight excluding hydrogens is 429 g/mol. The minimum absolute atomic E-state index is 0.0633. The molecule has 0 bridgehead atoms. The summed E-state index contributed by atoms with van der Waals surface area (Å²) in [5.41, 5.74) is 1.36. The molecule has 2 aromatic carbocycles. The molecule has 0 aromatic heterocycles.